The Kier molecular flexibility index (Phi) is 4.53. The smallest absolute Gasteiger partial charge is 0.227 e. The predicted molar refractivity (Wildman–Crippen MR) is 92.3 cm³/mol. The molecule has 4 aromatic rings. The maximum absolute atomic E-state index is 14.0. The average Bonchev–Trinajstić information content (AvgIpc) is 3.30. The van der Waals surface area contributed by atoms with E-state index in [9.17, 15) is 4.39 Å². The van der Waals surface area contributed by atoms with Crippen molar-refractivity contribution in [2.24, 2.45) is 0 Å². The van der Waals surface area contributed by atoms with Crippen LogP contribution in [0.4, 0.5) is 4.39 Å². The molecule has 0 unspecified atom stereocenters. The summed E-state index contributed by atoms with van der Waals surface area (Å²) in [5.74, 6) is 0.984. The molecule has 7 nitrogen and oxygen atoms in total. The quantitative estimate of drug-likeness (QED) is 0.488. The molecular formula is C17H11BrFN5O2. The number of aryl methyl sites for hydroxylation is 2. The molecule has 0 fully saturated rings. The summed E-state index contributed by atoms with van der Waals surface area (Å²) < 4.78 is 25.0. The van der Waals surface area contributed by atoms with Gasteiger partial charge in [0.1, 0.15) is 11.5 Å². The first-order valence-electron chi connectivity index (χ1n) is 7.71. The molecule has 0 aliphatic carbocycles. The van der Waals surface area contributed by atoms with Crippen LogP contribution >= 0.6 is 15.9 Å². The van der Waals surface area contributed by atoms with Gasteiger partial charge in [0.25, 0.3) is 0 Å². The number of aromatic nitrogens is 5. The summed E-state index contributed by atoms with van der Waals surface area (Å²) in [5.41, 5.74) is 0.909. The topological polar surface area (TPSA) is 90.7 Å². The highest BCUT2D eigenvalue weighted by atomic mass is 79.9. The molecular weight excluding hydrogens is 405 g/mol. The second-order valence-electron chi connectivity index (χ2n) is 5.36. The largest absolute Gasteiger partial charge is 0.339 e. The van der Waals surface area contributed by atoms with E-state index >= 15 is 0 Å². The standard InChI is InChI=1S/C17H11BrFN5O2/c18-10-4-5-11(12(19)9-10)16-21-14(25-23-16)6-7-15-22-17(24-26-15)13-3-1-2-8-20-13/h1-5,8-9H,6-7H2. The number of benzene rings is 1. The van der Waals surface area contributed by atoms with Gasteiger partial charge in [0, 0.05) is 23.5 Å². The van der Waals surface area contributed by atoms with Gasteiger partial charge in [-0.05, 0) is 30.3 Å². The molecule has 9 heteroatoms. The fourth-order valence-electron chi connectivity index (χ4n) is 2.31. The van der Waals surface area contributed by atoms with Gasteiger partial charge >= 0.3 is 0 Å². The van der Waals surface area contributed by atoms with Crippen LogP contribution in [0.2, 0.25) is 0 Å². The first-order chi connectivity index (χ1) is 12.7. The summed E-state index contributed by atoms with van der Waals surface area (Å²) >= 11 is 3.21. The van der Waals surface area contributed by atoms with Gasteiger partial charge in [-0.1, -0.05) is 32.3 Å². The van der Waals surface area contributed by atoms with Crippen LogP contribution < -0.4 is 0 Å². The fourth-order valence-corrected chi connectivity index (χ4v) is 2.64. The van der Waals surface area contributed by atoms with Gasteiger partial charge in [-0.25, -0.2) is 4.39 Å². The Morgan fingerprint density at radius 3 is 2.35 bits per heavy atom. The van der Waals surface area contributed by atoms with Gasteiger partial charge in [0.2, 0.25) is 23.4 Å². The molecule has 0 atom stereocenters. The third-order valence-electron chi connectivity index (χ3n) is 3.55. The summed E-state index contributed by atoms with van der Waals surface area (Å²) in [6.45, 7) is 0. The predicted octanol–water partition coefficient (Wildman–Crippen LogP) is 3.87. The number of nitrogens with zero attached hydrogens (tertiary/aromatic N) is 5. The molecule has 0 radical (unpaired) electrons. The van der Waals surface area contributed by atoms with Crippen LogP contribution in [-0.4, -0.2) is 25.3 Å². The zero-order valence-corrected chi connectivity index (χ0v) is 14.9. The highest BCUT2D eigenvalue weighted by molar-refractivity contribution is 9.10. The second kappa shape index (κ2) is 7.12. The Bertz CT molecular complexity index is 1030. The van der Waals surface area contributed by atoms with E-state index in [1.54, 1.807) is 24.4 Å². The van der Waals surface area contributed by atoms with Crippen LogP contribution in [0.1, 0.15) is 11.8 Å². The normalized spacial score (nSPS) is 11.0. The van der Waals surface area contributed by atoms with Crippen molar-refractivity contribution in [1.82, 2.24) is 25.3 Å². The molecule has 0 N–H and O–H groups in total. The van der Waals surface area contributed by atoms with Crippen molar-refractivity contribution in [3.8, 4) is 22.9 Å². The van der Waals surface area contributed by atoms with Crippen molar-refractivity contribution in [1.29, 1.82) is 0 Å². The second-order valence-corrected chi connectivity index (χ2v) is 6.28. The minimum atomic E-state index is -0.427. The first kappa shape index (κ1) is 16.5. The summed E-state index contributed by atoms with van der Waals surface area (Å²) in [5, 5.41) is 7.73. The van der Waals surface area contributed by atoms with E-state index in [1.807, 2.05) is 12.1 Å². The number of hydrogen-bond acceptors (Lipinski definition) is 7. The van der Waals surface area contributed by atoms with Crippen molar-refractivity contribution in [3.63, 3.8) is 0 Å². The third-order valence-corrected chi connectivity index (χ3v) is 4.05. The Balaban J connectivity index is 1.45. The molecule has 0 saturated carbocycles. The van der Waals surface area contributed by atoms with E-state index in [4.69, 9.17) is 9.05 Å². The van der Waals surface area contributed by atoms with Crippen molar-refractivity contribution in [2.75, 3.05) is 0 Å². The number of rotatable bonds is 5. The minimum Gasteiger partial charge on any atom is -0.339 e. The van der Waals surface area contributed by atoms with Gasteiger partial charge in [-0.2, -0.15) is 9.97 Å². The zero-order valence-electron chi connectivity index (χ0n) is 13.3. The molecule has 3 heterocycles. The van der Waals surface area contributed by atoms with Crippen LogP contribution in [0.25, 0.3) is 22.9 Å². The van der Waals surface area contributed by atoms with Gasteiger partial charge < -0.3 is 9.05 Å². The van der Waals surface area contributed by atoms with Crippen molar-refractivity contribution in [3.05, 3.63) is 64.7 Å². The van der Waals surface area contributed by atoms with E-state index in [2.05, 4.69) is 41.2 Å². The Labute approximate surface area is 155 Å². The summed E-state index contributed by atoms with van der Waals surface area (Å²) in [7, 11) is 0. The molecule has 0 spiro atoms. The molecule has 0 saturated heterocycles. The Morgan fingerprint density at radius 2 is 1.65 bits per heavy atom. The lowest BCUT2D eigenvalue weighted by Crippen LogP contribution is -1.93. The van der Waals surface area contributed by atoms with Crippen LogP contribution in [0.3, 0.4) is 0 Å². The van der Waals surface area contributed by atoms with E-state index in [1.165, 1.54) is 6.07 Å². The van der Waals surface area contributed by atoms with Crippen molar-refractivity contribution >= 4 is 15.9 Å². The van der Waals surface area contributed by atoms with Crippen molar-refractivity contribution in [2.45, 2.75) is 12.8 Å². The zero-order chi connectivity index (χ0) is 17.9. The van der Waals surface area contributed by atoms with Crippen LogP contribution in [-0.2, 0) is 12.8 Å². The van der Waals surface area contributed by atoms with Gasteiger partial charge in [-0.3, -0.25) is 4.98 Å². The summed E-state index contributed by atoms with van der Waals surface area (Å²) in [6.07, 6.45) is 2.48. The van der Waals surface area contributed by atoms with Crippen molar-refractivity contribution < 1.29 is 13.4 Å². The number of hydrogen-bond donors (Lipinski definition) is 0. The molecule has 26 heavy (non-hydrogen) atoms. The molecule has 0 bridgehead atoms. The number of halogens is 2. The van der Waals surface area contributed by atoms with Gasteiger partial charge in [-0.15, -0.1) is 0 Å². The molecule has 130 valence electrons. The maximum atomic E-state index is 14.0. The van der Waals surface area contributed by atoms with Gasteiger partial charge in [0.15, 0.2) is 0 Å². The molecule has 0 amide bonds. The molecule has 4 rings (SSSR count). The fraction of sp³-hybridized carbons (Fsp3) is 0.118. The van der Waals surface area contributed by atoms with E-state index in [0.717, 1.165) is 0 Å². The lowest BCUT2D eigenvalue weighted by molar-refractivity contribution is 0.354. The summed E-state index contributed by atoms with van der Waals surface area (Å²) in [4.78, 5) is 12.7. The average molecular weight is 416 g/mol. The van der Waals surface area contributed by atoms with Crippen LogP contribution in [0.5, 0.6) is 0 Å². The number of pyridine rings is 1. The minimum absolute atomic E-state index is 0.199. The summed E-state index contributed by atoms with van der Waals surface area (Å²) in [6, 6.07) is 10.1. The molecule has 0 aliphatic heterocycles. The SMILES string of the molecule is Fc1cc(Br)ccc1-c1noc(CCc2nc(-c3ccccn3)no2)n1. The first-order valence-corrected chi connectivity index (χ1v) is 8.50. The van der Waals surface area contributed by atoms with E-state index < -0.39 is 5.82 Å². The van der Waals surface area contributed by atoms with E-state index in [-0.39, 0.29) is 11.4 Å². The highest BCUT2D eigenvalue weighted by Gasteiger charge is 2.15. The van der Waals surface area contributed by atoms with Crippen LogP contribution in [0, 0.1) is 5.82 Å². The lowest BCUT2D eigenvalue weighted by Gasteiger charge is -1.97. The molecule has 3 aromatic heterocycles. The Morgan fingerprint density at radius 1 is 0.923 bits per heavy atom. The molecule has 0 aliphatic rings. The monoisotopic (exact) mass is 415 g/mol. The highest BCUT2D eigenvalue weighted by Crippen LogP contribution is 2.23. The third kappa shape index (κ3) is 3.52. The Hall–Kier alpha value is -2.94. The van der Waals surface area contributed by atoms with E-state index in [0.29, 0.717) is 40.6 Å². The van der Waals surface area contributed by atoms with Gasteiger partial charge in [0.05, 0.1) is 5.56 Å². The molecule has 1 aromatic carbocycles. The van der Waals surface area contributed by atoms with Crippen LogP contribution in [0.15, 0.2) is 56.1 Å². The maximum Gasteiger partial charge on any atom is 0.227 e. The lowest BCUT2D eigenvalue weighted by atomic mass is 10.2.